The maximum absolute atomic E-state index is 12.5. The van der Waals surface area contributed by atoms with Crippen LogP contribution >= 0.6 is 11.3 Å². The summed E-state index contributed by atoms with van der Waals surface area (Å²) in [5.74, 6) is -1.10. The van der Waals surface area contributed by atoms with Crippen LogP contribution in [0.1, 0.15) is 36.4 Å². The van der Waals surface area contributed by atoms with Gasteiger partial charge in [0.15, 0.2) is 0 Å². The molecule has 102 valence electrons. The summed E-state index contributed by atoms with van der Waals surface area (Å²) in [4.78, 5) is 4.33. The Morgan fingerprint density at radius 2 is 2.00 bits per heavy atom. The fourth-order valence-corrected chi connectivity index (χ4v) is 3.06. The zero-order valence-corrected chi connectivity index (χ0v) is 11.1. The van der Waals surface area contributed by atoms with Crippen LogP contribution in [-0.4, -0.2) is 17.2 Å². The number of halogens is 3. The van der Waals surface area contributed by atoms with Crippen molar-refractivity contribution in [3.05, 3.63) is 16.1 Å². The number of aromatic nitrogens is 1. The number of aryl methyl sites for hydroxylation is 1. The van der Waals surface area contributed by atoms with Gasteiger partial charge in [0.2, 0.25) is 0 Å². The minimum absolute atomic E-state index is 0.202. The van der Waals surface area contributed by atoms with Gasteiger partial charge in [-0.3, -0.25) is 0 Å². The summed E-state index contributed by atoms with van der Waals surface area (Å²) in [6, 6.07) is 0.202. The Morgan fingerprint density at radius 1 is 1.33 bits per heavy atom. The van der Waals surface area contributed by atoms with Gasteiger partial charge in [0, 0.05) is 23.7 Å². The van der Waals surface area contributed by atoms with Crippen molar-refractivity contribution in [3.63, 3.8) is 0 Å². The summed E-state index contributed by atoms with van der Waals surface area (Å²) >= 11 is 1.59. The zero-order valence-electron chi connectivity index (χ0n) is 10.3. The number of alkyl halides is 3. The minimum atomic E-state index is -4.02. The monoisotopic (exact) mass is 278 g/mol. The van der Waals surface area contributed by atoms with E-state index in [9.17, 15) is 13.2 Å². The van der Waals surface area contributed by atoms with E-state index in [2.05, 4.69) is 10.3 Å². The molecule has 6 heteroatoms. The first-order chi connectivity index (χ1) is 8.45. The van der Waals surface area contributed by atoms with Gasteiger partial charge in [0.05, 0.1) is 5.92 Å². The number of rotatable bonds is 3. The van der Waals surface area contributed by atoms with Gasteiger partial charge in [-0.25, -0.2) is 4.98 Å². The first-order valence-electron chi connectivity index (χ1n) is 6.16. The van der Waals surface area contributed by atoms with E-state index in [-0.39, 0.29) is 18.9 Å². The molecule has 1 aromatic rings. The third-order valence-electron chi connectivity index (χ3n) is 3.40. The predicted octanol–water partition coefficient (Wildman–Crippen LogP) is 3.66. The standard InChI is InChI=1S/C12H17F3N2S/c1-8-7-18-11(17-8)6-16-10-4-2-9(3-5-10)12(13,14)15/h7,9-10,16H,2-6H2,1H3. The summed E-state index contributed by atoms with van der Waals surface area (Å²) in [6.45, 7) is 2.61. The molecule has 1 N–H and O–H groups in total. The number of nitrogens with one attached hydrogen (secondary N) is 1. The van der Waals surface area contributed by atoms with E-state index in [1.165, 1.54) is 0 Å². The Labute approximate surface area is 109 Å². The molecule has 1 aromatic heterocycles. The molecule has 0 bridgehead atoms. The van der Waals surface area contributed by atoms with E-state index in [0.717, 1.165) is 10.7 Å². The summed E-state index contributed by atoms with van der Waals surface area (Å²) in [5.41, 5.74) is 0.998. The lowest BCUT2D eigenvalue weighted by Gasteiger charge is -2.30. The lowest BCUT2D eigenvalue weighted by Crippen LogP contribution is -2.36. The molecule has 0 amide bonds. The molecule has 0 aliphatic heterocycles. The second-order valence-electron chi connectivity index (χ2n) is 4.85. The van der Waals surface area contributed by atoms with Crippen LogP contribution < -0.4 is 5.32 Å². The second kappa shape index (κ2) is 5.57. The van der Waals surface area contributed by atoms with Crippen molar-refractivity contribution >= 4 is 11.3 Å². The maximum Gasteiger partial charge on any atom is 0.391 e. The number of nitrogens with zero attached hydrogens (tertiary/aromatic N) is 1. The lowest BCUT2D eigenvalue weighted by molar-refractivity contribution is -0.182. The largest absolute Gasteiger partial charge is 0.391 e. The average molecular weight is 278 g/mol. The lowest BCUT2D eigenvalue weighted by atomic mass is 9.85. The van der Waals surface area contributed by atoms with Crippen LogP contribution in [0.3, 0.4) is 0 Å². The number of thiazole rings is 1. The van der Waals surface area contributed by atoms with E-state index < -0.39 is 12.1 Å². The van der Waals surface area contributed by atoms with E-state index in [0.29, 0.717) is 19.4 Å². The number of hydrogen-bond donors (Lipinski definition) is 1. The average Bonchev–Trinajstić information content (AvgIpc) is 2.72. The number of hydrogen-bond acceptors (Lipinski definition) is 3. The van der Waals surface area contributed by atoms with Crippen LogP contribution in [0.25, 0.3) is 0 Å². The smallest absolute Gasteiger partial charge is 0.308 e. The van der Waals surface area contributed by atoms with Crippen LogP contribution in [0.2, 0.25) is 0 Å². The molecular formula is C12H17F3N2S. The van der Waals surface area contributed by atoms with E-state index >= 15 is 0 Å². The first-order valence-corrected chi connectivity index (χ1v) is 7.04. The normalized spacial score (nSPS) is 25.3. The molecule has 1 aliphatic rings. The van der Waals surface area contributed by atoms with Gasteiger partial charge in [-0.1, -0.05) is 0 Å². The Bertz CT molecular complexity index is 381. The Balaban J connectivity index is 1.74. The highest BCUT2D eigenvalue weighted by Crippen LogP contribution is 2.37. The molecular weight excluding hydrogens is 261 g/mol. The Kier molecular flexibility index (Phi) is 4.27. The topological polar surface area (TPSA) is 24.9 Å². The van der Waals surface area contributed by atoms with Gasteiger partial charge in [0.1, 0.15) is 5.01 Å². The molecule has 0 spiro atoms. The third kappa shape index (κ3) is 3.68. The summed E-state index contributed by atoms with van der Waals surface area (Å²) in [7, 11) is 0. The van der Waals surface area contributed by atoms with Crippen molar-refractivity contribution in [2.75, 3.05) is 0 Å². The van der Waals surface area contributed by atoms with Gasteiger partial charge in [-0.05, 0) is 32.6 Å². The van der Waals surface area contributed by atoms with Crippen molar-refractivity contribution in [1.82, 2.24) is 10.3 Å². The van der Waals surface area contributed by atoms with Gasteiger partial charge in [-0.2, -0.15) is 13.2 Å². The molecule has 18 heavy (non-hydrogen) atoms. The van der Waals surface area contributed by atoms with Crippen molar-refractivity contribution in [1.29, 1.82) is 0 Å². The Hall–Kier alpha value is -0.620. The molecule has 1 aliphatic carbocycles. The second-order valence-corrected chi connectivity index (χ2v) is 5.80. The third-order valence-corrected chi connectivity index (χ3v) is 4.37. The van der Waals surface area contributed by atoms with Crippen LogP contribution in [-0.2, 0) is 6.54 Å². The summed E-state index contributed by atoms with van der Waals surface area (Å²) < 4.78 is 37.5. The van der Waals surface area contributed by atoms with Crippen molar-refractivity contribution < 1.29 is 13.2 Å². The fraction of sp³-hybridized carbons (Fsp3) is 0.750. The van der Waals surface area contributed by atoms with Crippen LogP contribution in [0.4, 0.5) is 13.2 Å². The van der Waals surface area contributed by atoms with Gasteiger partial charge in [0.25, 0.3) is 0 Å². The minimum Gasteiger partial charge on any atom is -0.308 e. The zero-order chi connectivity index (χ0) is 13.2. The van der Waals surface area contributed by atoms with Gasteiger partial charge >= 0.3 is 6.18 Å². The quantitative estimate of drug-likeness (QED) is 0.912. The fourth-order valence-electron chi connectivity index (χ4n) is 2.34. The molecule has 0 saturated heterocycles. The predicted molar refractivity (Wildman–Crippen MR) is 65.5 cm³/mol. The van der Waals surface area contributed by atoms with E-state index in [1.54, 1.807) is 11.3 Å². The molecule has 1 fully saturated rings. The molecule has 1 heterocycles. The molecule has 0 radical (unpaired) electrons. The van der Waals surface area contributed by atoms with E-state index in [4.69, 9.17) is 0 Å². The molecule has 2 nitrogen and oxygen atoms in total. The van der Waals surface area contributed by atoms with Gasteiger partial charge in [-0.15, -0.1) is 11.3 Å². The Morgan fingerprint density at radius 3 is 2.50 bits per heavy atom. The van der Waals surface area contributed by atoms with Crippen LogP contribution in [0.15, 0.2) is 5.38 Å². The molecule has 2 rings (SSSR count). The molecule has 0 atom stereocenters. The van der Waals surface area contributed by atoms with Crippen molar-refractivity contribution in [2.45, 2.75) is 51.4 Å². The van der Waals surface area contributed by atoms with Crippen molar-refractivity contribution in [3.8, 4) is 0 Å². The van der Waals surface area contributed by atoms with Gasteiger partial charge < -0.3 is 5.32 Å². The molecule has 0 aromatic carbocycles. The molecule has 1 saturated carbocycles. The molecule has 0 unspecified atom stereocenters. The SMILES string of the molecule is Cc1csc(CNC2CCC(C(F)(F)F)CC2)n1. The highest BCUT2D eigenvalue weighted by atomic mass is 32.1. The summed E-state index contributed by atoms with van der Waals surface area (Å²) in [6.07, 6.45) is -2.31. The summed E-state index contributed by atoms with van der Waals surface area (Å²) in [5, 5.41) is 6.29. The van der Waals surface area contributed by atoms with E-state index in [1.807, 2.05) is 12.3 Å². The highest BCUT2D eigenvalue weighted by Gasteiger charge is 2.41. The maximum atomic E-state index is 12.5. The van der Waals surface area contributed by atoms with Crippen molar-refractivity contribution in [2.24, 2.45) is 5.92 Å². The van der Waals surface area contributed by atoms with Crippen LogP contribution in [0, 0.1) is 12.8 Å². The first kappa shape index (κ1) is 13.8. The highest BCUT2D eigenvalue weighted by molar-refractivity contribution is 7.09. The van der Waals surface area contributed by atoms with Crippen LogP contribution in [0.5, 0.6) is 0 Å².